The minimum absolute atomic E-state index is 0.0966. The molecule has 3 heteroatoms. The smallest absolute Gasteiger partial charge is 0.257 e. The van der Waals surface area contributed by atoms with E-state index in [0.717, 1.165) is 5.01 Å². The molecule has 0 saturated carbocycles. The summed E-state index contributed by atoms with van der Waals surface area (Å²) in [6, 6.07) is 0. The highest BCUT2D eigenvalue weighted by Crippen LogP contribution is 2.02. The van der Waals surface area contributed by atoms with Crippen molar-refractivity contribution in [2.24, 2.45) is 0 Å². The number of thiazole rings is 1. The van der Waals surface area contributed by atoms with Crippen molar-refractivity contribution in [3.63, 3.8) is 0 Å². The fourth-order valence-electron chi connectivity index (χ4n) is 0.567. The first-order valence-corrected chi connectivity index (χ1v) is 3.56. The van der Waals surface area contributed by atoms with Crippen molar-refractivity contribution in [3.8, 4) is 0 Å². The number of aromatic nitrogens is 1. The van der Waals surface area contributed by atoms with Gasteiger partial charge in [0.1, 0.15) is 0 Å². The summed E-state index contributed by atoms with van der Waals surface area (Å²) in [6.45, 7) is 3.50. The Kier molecular flexibility index (Phi) is 1.62. The van der Waals surface area contributed by atoms with Crippen molar-refractivity contribution in [1.82, 2.24) is 0 Å². The van der Waals surface area contributed by atoms with E-state index in [2.05, 4.69) is 4.98 Å². The van der Waals surface area contributed by atoms with Crippen LogP contribution in [0.3, 0.4) is 0 Å². The lowest BCUT2D eigenvalue weighted by Crippen LogP contribution is -2.11. The number of aromatic amines is 1. The lowest BCUT2D eigenvalue weighted by Gasteiger charge is -1.72. The predicted molar refractivity (Wildman–Crippen MR) is 35.6 cm³/mol. The Morgan fingerprint density at radius 1 is 1.78 bits per heavy atom. The first-order chi connectivity index (χ1) is 4.20. The molecule has 2 nitrogen and oxygen atoms in total. The van der Waals surface area contributed by atoms with Gasteiger partial charge < -0.3 is 0 Å². The summed E-state index contributed by atoms with van der Waals surface area (Å²) in [5.74, 6) is 0.0966. The Morgan fingerprint density at radius 3 is 2.67 bits per heavy atom. The van der Waals surface area contributed by atoms with Gasteiger partial charge in [-0.3, -0.25) is 4.79 Å². The Balaban J connectivity index is 2.98. The number of ketones is 1. The highest BCUT2D eigenvalue weighted by molar-refractivity contribution is 7.09. The van der Waals surface area contributed by atoms with Crippen LogP contribution in [0.15, 0.2) is 5.38 Å². The van der Waals surface area contributed by atoms with Crippen LogP contribution in [-0.2, 0) is 0 Å². The van der Waals surface area contributed by atoms with E-state index in [1.54, 1.807) is 18.3 Å². The van der Waals surface area contributed by atoms with Crippen LogP contribution in [0, 0.1) is 6.92 Å². The van der Waals surface area contributed by atoms with Crippen LogP contribution in [0.1, 0.15) is 22.4 Å². The molecule has 1 aromatic heterocycles. The van der Waals surface area contributed by atoms with Gasteiger partial charge in [-0.25, -0.2) is 0 Å². The fraction of sp³-hybridized carbons (Fsp3) is 0.333. The van der Waals surface area contributed by atoms with Gasteiger partial charge in [0.2, 0.25) is 10.8 Å². The van der Waals surface area contributed by atoms with Crippen molar-refractivity contribution in [1.29, 1.82) is 0 Å². The summed E-state index contributed by atoms with van der Waals surface area (Å²) < 4.78 is 0. The Labute approximate surface area is 57.5 Å². The monoisotopic (exact) mass is 142 g/mol. The maximum Gasteiger partial charge on any atom is 0.257 e. The summed E-state index contributed by atoms with van der Waals surface area (Å²) in [5.41, 5.74) is 0.706. The number of nitrogens with one attached hydrogen (secondary N) is 1. The largest absolute Gasteiger partial charge is 0.288 e. The normalized spacial score (nSPS) is 9.56. The minimum atomic E-state index is 0.0966. The third kappa shape index (κ3) is 1.36. The van der Waals surface area contributed by atoms with E-state index >= 15 is 0 Å². The molecule has 1 N–H and O–H groups in total. The van der Waals surface area contributed by atoms with Gasteiger partial charge in [-0.05, 0) is 0 Å². The standard InChI is InChI=1S/C6H7NOS/c1-4(8)6-3-9-5(2)7-6/h3H,1-2H3/p+1. The van der Waals surface area contributed by atoms with Gasteiger partial charge in [-0.15, -0.1) is 0 Å². The molecule has 0 bridgehead atoms. The van der Waals surface area contributed by atoms with E-state index in [1.165, 1.54) is 0 Å². The average molecular weight is 142 g/mol. The first kappa shape index (κ1) is 6.42. The lowest BCUT2D eigenvalue weighted by molar-refractivity contribution is -0.383. The van der Waals surface area contributed by atoms with Crippen molar-refractivity contribution in [2.75, 3.05) is 0 Å². The molecule has 9 heavy (non-hydrogen) atoms. The molecule has 0 aliphatic carbocycles. The molecule has 0 spiro atoms. The van der Waals surface area contributed by atoms with Gasteiger partial charge in [0.25, 0.3) is 5.69 Å². The molecule has 0 aromatic carbocycles. The zero-order valence-electron chi connectivity index (χ0n) is 5.39. The van der Waals surface area contributed by atoms with Gasteiger partial charge in [0.15, 0.2) is 0 Å². The van der Waals surface area contributed by atoms with E-state index in [0.29, 0.717) is 5.69 Å². The molecule has 0 aliphatic rings. The first-order valence-electron chi connectivity index (χ1n) is 2.68. The van der Waals surface area contributed by atoms with Crippen LogP contribution >= 0.6 is 11.3 Å². The number of carbonyl (C=O) groups excluding carboxylic acids is 1. The fourth-order valence-corrected chi connectivity index (χ4v) is 1.26. The topological polar surface area (TPSA) is 31.2 Å². The van der Waals surface area contributed by atoms with Crippen LogP contribution in [0.2, 0.25) is 0 Å². The summed E-state index contributed by atoms with van der Waals surface area (Å²) in [5, 5.41) is 2.90. The number of rotatable bonds is 1. The average Bonchev–Trinajstić information content (AvgIpc) is 2.14. The number of carbonyl (C=O) groups is 1. The van der Waals surface area contributed by atoms with Gasteiger partial charge in [-0.2, -0.15) is 4.98 Å². The number of aryl methyl sites for hydroxylation is 1. The van der Waals surface area contributed by atoms with Crippen LogP contribution in [0.4, 0.5) is 0 Å². The van der Waals surface area contributed by atoms with Crippen LogP contribution in [0.5, 0.6) is 0 Å². The molecule has 0 atom stereocenters. The molecule has 0 unspecified atom stereocenters. The zero-order chi connectivity index (χ0) is 6.85. The number of Topliss-reactive ketones (excluding diaryl/α,β-unsaturated/α-hetero) is 1. The summed E-state index contributed by atoms with van der Waals surface area (Å²) in [7, 11) is 0. The third-order valence-corrected chi connectivity index (χ3v) is 1.85. The number of hydrogen-bond donors (Lipinski definition) is 0. The van der Waals surface area contributed by atoms with Gasteiger partial charge in [0, 0.05) is 13.8 Å². The highest BCUT2D eigenvalue weighted by atomic mass is 32.1. The minimum Gasteiger partial charge on any atom is -0.288 e. The Morgan fingerprint density at radius 2 is 2.44 bits per heavy atom. The highest BCUT2D eigenvalue weighted by Gasteiger charge is 2.08. The zero-order valence-corrected chi connectivity index (χ0v) is 6.21. The summed E-state index contributed by atoms with van der Waals surface area (Å²) in [6.07, 6.45) is 0. The van der Waals surface area contributed by atoms with Crippen molar-refractivity contribution < 1.29 is 9.78 Å². The third-order valence-electron chi connectivity index (χ3n) is 1.04. The number of H-pyrrole nitrogens is 1. The maximum absolute atomic E-state index is 10.6. The Hall–Kier alpha value is -0.700. The molecule has 0 saturated heterocycles. The maximum atomic E-state index is 10.6. The molecular weight excluding hydrogens is 134 g/mol. The van der Waals surface area contributed by atoms with Crippen LogP contribution in [-0.4, -0.2) is 5.78 Å². The molecule has 0 aliphatic heterocycles. The molecule has 0 radical (unpaired) electrons. The van der Waals surface area contributed by atoms with E-state index in [4.69, 9.17) is 0 Å². The Bertz CT molecular complexity index is 229. The van der Waals surface area contributed by atoms with E-state index < -0.39 is 0 Å². The quantitative estimate of drug-likeness (QED) is 0.540. The van der Waals surface area contributed by atoms with E-state index in [-0.39, 0.29) is 5.78 Å². The van der Waals surface area contributed by atoms with Crippen LogP contribution < -0.4 is 4.98 Å². The summed E-state index contributed by atoms with van der Waals surface area (Å²) in [4.78, 5) is 13.6. The molecular formula is C6H8NOS+. The molecule has 1 rings (SSSR count). The molecule has 0 amide bonds. The van der Waals surface area contributed by atoms with Gasteiger partial charge in [0.05, 0.1) is 5.38 Å². The van der Waals surface area contributed by atoms with Gasteiger partial charge >= 0.3 is 0 Å². The molecule has 48 valence electrons. The SMILES string of the molecule is CC(=O)c1csc(C)[nH+]1. The van der Waals surface area contributed by atoms with Crippen molar-refractivity contribution in [2.45, 2.75) is 13.8 Å². The summed E-state index contributed by atoms with van der Waals surface area (Å²) >= 11 is 1.56. The van der Waals surface area contributed by atoms with Crippen molar-refractivity contribution in [3.05, 3.63) is 16.1 Å². The van der Waals surface area contributed by atoms with E-state index in [1.807, 2.05) is 12.3 Å². The van der Waals surface area contributed by atoms with Crippen molar-refractivity contribution >= 4 is 17.1 Å². The number of hydrogen-bond acceptors (Lipinski definition) is 2. The predicted octanol–water partition coefficient (Wildman–Crippen LogP) is 1.07. The molecule has 1 aromatic rings. The van der Waals surface area contributed by atoms with Gasteiger partial charge in [-0.1, -0.05) is 11.3 Å². The van der Waals surface area contributed by atoms with Crippen LogP contribution in [0.25, 0.3) is 0 Å². The van der Waals surface area contributed by atoms with E-state index in [9.17, 15) is 4.79 Å². The molecule has 0 fully saturated rings. The second kappa shape index (κ2) is 2.27. The second-order valence-corrected chi connectivity index (χ2v) is 2.97. The second-order valence-electron chi connectivity index (χ2n) is 1.89. The lowest BCUT2D eigenvalue weighted by atomic mass is 10.4. The molecule has 1 heterocycles.